The van der Waals surface area contributed by atoms with Crippen LogP contribution in [0.25, 0.3) is 0 Å². The van der Waals surface area contributed by atoms with Crippen LogP contribution in [0.3, 0.4) is 0 Å². The fourth-order valence-electron chi connectivity index (χ4n) is 3.98. The lowest BCUT2D eigenvalue weighted by Crippen LogP contribution is -2.44. The van der Waals surface area contributed by atoms with Crippen molar-refractivity contribution in [1.29, 1.82) is 0 Å². The second-order valence-corrected chi connectivity index (χ2v) is 6.77. The number of amides is 4. The molecule has 7 heteroatoms. The van der Waals surface area contributed by atoms with Gasteiger partial charge in [-0.15, -0.1) is 0 Å². The fraction of sp³-hybridized carbons (Fsp3) is 0.471. The lowest BCUT2D eigenvalue weighted by Gasteiger charge is -2.23. The average Bonchev–Trinajstić information content (AvgIpc) is 3.22. The maximum absolute atomic E-state index is 13.0. The fourth-order valence-corrected chi connectivity index (χ4v) is 3.98. The van der Waals surface area contributed by atoms with Gasteiger partial charge in [0, 0.05) is 19.1 Å². The SMILES string of the molecule is N[C@@H]1CCN(C(=O)CN2C(=O)NC3(CCc4ccccc43)C2=O)C1. The minimum absolute atomic E-state index is 0.0230. The molecule has 0 radical (unpaired) electrons. The number of hydrogen-bond donors (Lipinski definition) is 2. The monoisotopic (exact) mass is 328 g/mol. The van der Waals surface area contributed by atoms with Crippen LogP contribution in [0.15, 0.2) is 24.3 Å². The van der Waals surface area contributed by atoms with E-state index in [-0.39, 0.29) is 24.4 Å². The van der Waals surface area contributed by atoms with Crippen molar-refractivity contribution in [3.8, 4) is 0 Å². The number of aryl methyl sites for hydroxylation is 1. The van der Waals surface area contributed by atoms with E-state index in [1.54, 1.807) is 4.90 Å². The van der Waals surface area contributed by atoms with Crippen LogP contribution in [0, 0.1) is 0 Å². The van der Waals surface area contributed by atoms with Crippen LogP contribution in [0.4, 0.5) is 4.79 Å². The number of nitrogens with one attached hydrogen (secondary N) is 1. The van der Waals surface area contributed by atoms with Crippen molar-refractivity contribution in [1.82, 2.24) is 15.1 Å². The molecule has 126 valence electrons. The molecule has 2 aliphatic heterocycles. The highest BCUT2D eigenvalue weighted by atomic mass is 16.2. The summed E-state index contributed by atoms with van der Waals surface area (Å²) < 4.78 is 0. The number of imide groups is 1. The second-order valence-electron chi connectivity index (χ2n) is 6.77. The van der Waals surface area contributed by atoms with E-state index in [2.05, 4.69) is 5.32 Å². The molecular formula is C17H20N4O3. The van der Waals surface area contributed by atoms with Crippen molar-refractivity contribution < 1.29 is 14.4 Å². The molecule has 24 heavy (non-hydrogen) atoms. The van der Waals surface area contributed by atoms with E-state index in [0.717, 1.165) is 28.9 Å². The summed E-state index contributed by atoms with van der Waals surface area (Å²) in [7, 11) is 0. The van der Waals surface area contributed by atoms with Crippen molar-refractivity contribution in [3.63, 3.8) is 0 Å². The predicted molar refractivity (Wildman–Crippen MR) is 85.9 cm³/mol. The minimum Gasteiger partial charge on any atom is -0.340 e. The normalized spacial score (nSPS) is 28.6. The Labute approximate surface area is 139 Å². The Balaban J connectivity index is 1.56. The first kappa shape index (κ1) is 15.1. The largest absolute Gasteiger partial charge is 0.340 e. The molecule has 1 aliphatic carbocycles. The van der Waals surface area contributed by atoms with E-state index in [9.17, 15) is 14.4 Å². The van der Waals surface area contributed by atoms with Crippen LogP contribution < -0.4 is 11.1 Å². The van der Waals surface area contributed by atoms with Crippen LogP contribution in [0.2, 0.25) is 0 Å². The molecule has 1 aromatic rings. The Kier molecular flexibility index (Phi) is 3.35. The quantitative estimate of drug-likeness (QED) is 0.744. The van der Waals surface area contributed by atoms with Gasteiger partial charge in [0.1, 0.15) is 12.1 Å². The van der Waals surface area contributed by atoms with Crippen LogP contribution in [-0.2, 0) is 21.5 Å². The molecule has 4 rings (SSSR count). The predicted octanol–water partition coefficient (Wildman–Crippen LogP) is -0.0605. The lowest BCUT2D eigenvalue weighted by atomic mass is 9.92. The summed E-state index contributed by atoms with van der Waals surface area (Å²) in [6.45, 7) is 0.843. The molecule has 1 unspecified atom stereocenters. The van der Waals surface area contributed by atoms with Gasteiger partial charge in [-0.3, -0.25) is 14.5 Å². The number of nitrogens with zero attached hydrogens (tertiary/aromatic N) is 2. The maximum atomic E-state index is 13.0. The third kappa shape index (κ3) is 2.11. The third-order valence-corrected chi connectivity index (χ3v) is 5.29. The summed E-state index contributed by atoms with van der Waals surface area (Å²) in [6.07, 6.45) is 2.03. The zero-order chi connectivity index (χ0) is 16.9. The van der Waals surface area contributed by atoms with E-state index >= 15 is 0 Å². The summed E-state index contributed by atoms with van der Waals surface area (Å²) in [6, 6.07) is 7.13. The van der Waals surface area contributed by atoms with Gasteiger partial charge < -0.3 is 16.0 Å². The van der Waals surface area contributed by atoms with Crippen molar-refractivity contribution in [3.05, 3.63) is 35.4 Å². The minimum atomic E-state index is -1.00. The molecule has 4 amide bonds. The van der Waals surface area contributed by atoms with Gasteiger partial charge in [-0.2, -0.15) is 0 Å². The number of carbonyl (C=O) groups is 3. The number of hydrogen-bond acceptors (Lipinski definition) is 4. The summed E-state index contributed by atoms with van der Waals surface area (Å²) in [4.78, 5) is 40.4. The van der Waals surface area contributed by atoms with Gasteiger partial charge in [-0.05, 0) is 30.4 Å². The van der Waals surface area contributed by atoms with E-state index in [4.69, 9.17) is 5.73 Å². The van der Waals surface area contributed by atoms with Crippen molar-refractivity contribution in [2.75, 3.05) is 19.6 Å². The van der Waals surface area contributed by atoms with E-state index in [1.807, 2.05) is 24.3 Å². The summed E-state index contributed by atoms with van der Waals surface area (Å²) in [5.74, 6) is -0.552. The first-order chi connectivity index (χ1) is 11.5. The molecule has 3 aliphatic rings. The maximum Gasteiger partial charge on any atom is 0.325 e. The Morgan fingerprint density at radius 3 is 2.88 bits per heavy atom. The molecule has 1 spiro atoms. The molecule has 1 aromatic carbocycles. The number of carbonyl (C=O) groups excluding carboxylic acids is 3. The highest BCUT2D eigenvalue weighted by Crippen LogP contribution is 2.41. The Morgan fingerprint density at radius 1 is 1.33 bits per heavy atom. The van der Waals surface area contributed by atoms with Crippen molar-refractivity contribution in [2.24, 2.45) is 5.73 Å². The van der Waals surface area contributed by atoms with Gasteiger partial charge in [-0.1, -0.05) is 24.3 Å². The van der Waals surface area contributed by atoms with Gasteiger partial charge in [0.15, 0.2) is 0 Å². The topological polar surface area (TPSA) is 95.7 Å². The van der Waals surface area contributed by atoms with Crippen molar-refractivity contribution >= 4 is 17.8 Å². The van der Waals surface area contributed by atoms with E-state index in [1.165, 1.54) is 0 Å². The molecule has 2 fully saturated rings. The van der Waals surface area contributed by atoms with E-state index in [0.29, 0.717) is 19.5 Å². The van der Waals surface area contributed by atoms with Crippen molar-refractivity contribution in [2.45, 2.75) is 30.8 Å². The molecule has 0 aromatic heterocycles. The Hall–Kier alpha value is -2.41. The van der Waals surface area contributed by atoms with Gasteiger partial charge in [0.05, 0.1) is 0 Å². The first-order valence-electron chi connectivity index (χ1n) is 8.27. The molecule has 2 heterocycles. The molecule has 0 saturated carbocycles. The zero-order valence-corrected chi connectivity index (χ0v) is 13.3. The highest BCUT2D eigenvalue weighted by Gasteiger charge is 2.55. The van der Waals surface area contributed by atoms with Gasteiger partial charge in [0.2, 0.25) is 5.91 Å². The van der Waals surface area contributed by atoms with Crippen LogP contribution in [0.1, 0.15) is 24.0 Å². The number of nitrogens with two attached hydrogens (primary N) is 1. The number of benzene rings is 1. The average molecular weight is 328 g/mol. The molecule has 2 atom stereocenters. The number of rotatable bonds is 2. The van der Waals surface area contributed by atoms with Gasteiger partial charge in [-0.25, -0.2) is 4.79 Å². The molecule has 0 bridgehead atoms. The number of fused-ring (bicyclic) bond motifs is 2. The van der Waals surface area contributed by atoms with Crippen LogP contribution in [-0.4, -0.2) is 53.3 Å². The Bertz CT molecular complexity index is 734. The molecule has 3 N–H and O–H groups in total. The third-order valence-electron chi connectivity index (χ3n) is 5.29. The Morgan fingerprint density at radius 2 is 2.12 bits per heavy atom. The molecular weight excluding hydrogens is 308 g/mol. The van der Waals surface area contributed by atoms with E-state index < -0.39 is 11.6 Å². The smallest absolute Gasteiger partial charge is 0.325 e. The number of urea groups is 1. The lowest BCUT2D eigenvalue weighted by molar-refractivity contribution is -0.138. The highest BCUT2D eigenvalue weighted by molar-refractivity contribution is 6.09. The van der Waals surface area contributed by atoms with Crippen LogP contribution in [0.5, 0.6) is 0 Å². The first-order valence-corrected chi connectivity index (χ1v) is 8.27. The molecule has 7 nitrogen and oxygen atoms in total. The number of likely N-dealkylation sites (tertiary alicyclic amines) is 1. The summed E-state index contributed by atoms with van der Waals surface area (Å²) in [5.41, 5.74) is 6.74. The standard InChI is InChI=1S/C17H20N4O3/c18-12-6-8-20(9-12)14(22)10-21-15(23)17(19-16(21)24)7-5-11-3-1-2-4-13(11)17/h1-4,12H,5-10,18H2,(H,19,24)/t12-,17?/m1/s1. The van der Waals surface area contributed by atoms with Gasteiger partial charge in [0.25, 0.3) is 5.91 Å². The van der Waals surface area contributed by atoms with Gasteiger partial charge >= 0.3 is 6.03 Å². The zero-order valence-electron chi connectivity index (χ0n) is 13.3. The summed E-state index contributed by atoms with van der Waals surface area (Å²) >= 11 is 0. The van der Waals surface area contributed by atoms with Crippen LogP contribution >= 0.6 is 0 Å². The summed E-state index contributed by atoms with van der Waals surface area (Å²) in [5, 5.41) is 2.83. The second kappa shape index (κ2) is 5.31. The molecule has 2 saturated heterocycles.